The number of benzene rings is 1. The van der Waals surface area contributed by atoms with Gasteiger partial charge in [-0.25, -0.2) is 17.5 Å². The minimum absolute atomic E-state index is 0.0983. The fraction of sp³-hybridized carbons (Fsp3) is 0.538. The molecular formula is C13H18FNO3S. The van der Waals surface area contributed by atoms with E-state index in [2.05, 4.69) is 4.72 Å². The molecule has 1 aliphatic rings. The van der Waals surface area contributed by atoms with E-state index in [9.17, 15) is 12.8 Å². The molecule has 1 aromatic carbocycles. The molecule has 0 spiro atoms. The summed E-state index contributed by atoms with van der Waals surface area (Å²) in [6.07, 6.45) is 1.48. The van der Waals surface area contributed by atoms with Crippen LogP contribution in [-0.2, 0) is 14.8 Å². The van der Waals surface area contributed by atoms with Gasteiger partial charge in [-0.1, -0.05) is 0 Å². The SMILES string of the molecule is COC1CC(NS(=O)(=O)c2c(C)cc(F)cc2C)C1. The number of hydrogen-bond acceptors (Lipinski definition) is 3. The Morgan fingerprint density at radius 2 is 1.79 bits per heavy atom. The van der Waals surface area contributed by atoms with Gasteiger partial charge in [0.1, 0.15) is 5.82 Å². The molecule has 2 rings (SSSR count). The number of nitrogens with one attached hydrogen (secondary N) is 1. The Bertz CT molecular complexity index is 557. The predicted molar refractivity (Wildman–Crippen MR) is 70.0 cm³/mol. The van der Waals surface area contributed by atoms with Crippen molar-refractivity contribution in [1.82, 2.24) is 4.72 Å². The molecule has 0 bridgehead atoms. The molecule has 0 unspecified atom stereocenters. The second-order valence-corrected chi connectivity index (χ2v) is 6.67. The Morgan fingerprint density at radius 1 is 1.26 bits per heavy atom. The molecule has 1 aliphatic carbocycles. The molecule has 0 saturated heterocycles. The Kier molecular flexibility index (Phi) is 3.94. The second-order valence-electron chi connectivity index (χ2n) is 5.02. The highest BCUT2D eigenvalue weighted by Gasteiger charge is 2.33. The quantitative estimate of drug-likeness (QED) is 0.920. The van der Waals surface area contributed by atoms with E-state index in [4.69, 9.17) is 4.74 Å². The third kappa shape index (κ3) is 2.96. The van der Waals surface area contributed by atoms with E-state index in [-0.39, 0.29) is 17.0 Å². The highest BCUT2D eigenvalue weighted by atomic mass is 32.2. The molecule has 0 aliphatic heterocycles. The minimum atomic E-state index is -3.60. The molecule has 1 aromatic rings. The highest BCUT2D eigenvalue weighted by molar-refractivity contribution is 7.89. The number of halogens is 1. The maximum Gasteiger partial charge on any atom is 0.241 e. The lowest BCUT2D eigenvalue weighted by Gasteiger charge is -2.34. The molecular weight excluding hydrogens is 269 g/mol. The zero-order valence-corrected chi connectivity index (χ0v) is 12.1. The number of sulfonamides is 1. The first kappa shape index (κ1) is 14.4. The van der Waals surface area contributed by atoms with Crippen LogP contribution in [0.1, 0.15) is 24.0 Å². The summed E-state index contributed by atoms with van der Waals surface area (Å²) < 4.78 is 45.6. The summed E-state index contributed by atoms with van der Waals surface area (Å²) in [6.45, 7) is 3.20. The first-order valence-electron chi connectivity index (χ1n) is 6.15. The van der Waals surface area contributed by atoms with Gasteiger partial charge in [0, 0.05) is 13.2 Å². The van der Waals surface area contributed by atoms with Crippen molar-refractivity contribution in [2.75, 3.05) is 7.11 Å². The number of ether oxygens (including phenoxy) is 1. The molecule has 1 fully saturated rings. The number of methoxy groups -OCH3 is 1. The fourth-order valence-corrected chi connectivity index (χ4v) is 4.17. The number of rotatable bonds is 4. The average Bonchev–Trinajstić information content (AvgIpc) is 2.20. The Labute approximate surface area is 113 Å². The summed E-state index contributed by atoms with van der Waals surface area (Å²) in [7, 11) is -1.99. The minimum Gasteiger partial charge on any atom is -0.381 e. The van der Waals surface area contributed by atoms with Crippen molar-refractivity contribution < 1.29 is 17.5 Å². The van der Waals surface area contributed by atoms with E-state index in [0.29, 0.717) is 24.0 Å². The first-order chi connectivity index (χ1) is 8.83. The van der Waals surface area contributed by atoms with Gasteiger partial charge >= 0.3 is 0 Å². The zero-order chi connectivity index (χ0) is 14.2. The molecule has 0 radical (unpaired) electrons. The zero-order valence-electron chi connectivity index (χ0n) is 11.2. The summed E-state index contributed by atoms with van der Waals surface area (Å²) in [4.78, 5) is 0.176. The lowest BCUT2D eigenvalue weighted by Crippen LogP contribution is -2.47. The van der Waals surface area contributed by atoms with Crippen LogP contribution in [0, 0.1) is 19.7 Å². The Morgan fingerprint density at radius 3 is 2.26 bits per heavy atom. The Hall–Kier alpha value is -0.980. The van der Waals surface area contributed by atoms with Crippen LogP contribution in [0.25, 0.3) is 0 Å². The molecule has 1 N–H and O–H groups in total. The molecule has 1 saturated carbocycles. The number of aryl methyl sites for hydroxylation is 2. The molecule has 0 amide bonds. The van der Waals surface area contributed by atoms with E-state index in [1.165, 1.54) is 12.1 Å². The van der Waals surface area contributed by atoms with E-state index in [1.54, 1.807) is 21.0 Å². The van der Waals surface area contributed by atoms with Crippen molar-refractivity contribution in [3.05, 3.63) is 29.1 Å². The van der Waals surface area contributed by atoms with Crippen molar-refractivity contribution in [2.24, 2.45) is 0 Å². The monoisotopic (exact) mass is 287 g/mol. The van der Waals surface area contributed by atoms with E-state index < -0.39 is 15.8 Å². The standard InChI is InChI=1S/C13H18FNO3S/c1-8-4-10(14)5-9(2)13(8)19(16,17)15-11-6-12(7-11)18-3/h4-5,11-12,15H,6-7H2,1-3H3. The van der Waals surface area contributed by atoms with Crippen LogP contribution in [0.15, 0.2) is 17.0 Å². The smallest absolute Gasteiger partial charge is 0.241 e. The van der Waals surface area contributed by atoms with Crippen molar-refractivity contribution in [3.8, 4) is 0 Å². The topological polar surface area (TPSA) is 55.4 Å². The number of hydrogen-bond donors (Lipinski definition) is 1. The lowest BCUT2D eigenvalue weighted by molar-refractivity contribution is 0.0236. The van der Waals surface area contributed by atoms with Crippen molar-refractivity contribution in [1.29, 1.82) is 0 Å². The van der Waals surface area contributed by atoms with E-state index >= 15 is 0 Å². The van der Waals surface area contributed by atoms with Gasteiger partial charge in [-0.05, 0) is 49.9 Å². The van der Waals surface area contributed by atoms with Gasteiger partial charge < -0.3 is 4.74 Å². The second kappa shape index (κ2) is 5.19. The van der Waals surface area contributed by atoms with E-state index in [0.717, 1.165) is 0 Å². The summed E-state index contributed by atoms with van der Waals surface area (Å²) in [6, 6.07) is 2.37. The molecule has 4 nitrogen and oxygen atoms in total. The maximum absolute atomic E-state index is 13.2. The maximum atomic E-state index is 13.2. The van der Waals surface area contributed by atoms with Gasteiger partial charge in [-0.15, -0.1) is 0 Å². The third-order valence-corrected chi connectivity index (χ3v) is 5.27. The van der Waals surface area contributed by atoms with Crippen molar-refractivity contribution >= 4 is 10.0 Å². The van der Waals surface area contributed by atoms with Gasteiger partial charge in [0.2, 0.25) is 10.0 Å². The molecule has 0 atom stereocenters. The molecule has 106 valence electrons. The molecule has 19 heavy (non-hydrogen) atoms. The van der Waals surface area contributed by atoms with Gasteiger partial charge in [0.05, 0.1) is 11.0 Å². The summed E-state index contributed by atoms with van der Waals surface area (Å²) >= 11 is 0. The van der Waals surface area contributed by atoms with Gasteiger partial charge in [-0.3, -0.25) is 0 Å². The average molecular weight is 287 g/mol. The summed E-state index contributed by atoms with van der Waals surface area (Å²) in [5.41, 5.74) is 0.847. The van der Waals surface area contributed by atoms with Crippen LogP contribution in [0.3, 0.4) is 0 Å². The molecule has 0 heterocycles. The highest BCUT2D eigenvalue weighted by Crippen LogP contribution is 2.27. The van der Waals surface area contributed by atoms with Crippen LogP contribution in [0.4, 0.5) is 4.39 Å². The van der Waals surface area contributed by atoms with E-state index in [1.807, 2.05) is 0 Å². The van der Waals surface area contributed by atoms with Crippen LogP contribution in [0.2, 0.25) is 0 Å². The molecule has 6 heteroatoms. The van der Waals surface area contributed by atoms with Gasteiger partial charge in [0.25, 0.3) is 0 Å². The lowest BCUT2D eigenvalue weighted by atomic mass is 9.90. The van der Waals surface area contributed by atoms with Crippen molar-refractivity contribution in [3.63, 3.8) is 0 Å². The van der Waals surface area contributed by atoms with Gasteiger partial charge in [0.15, 0.2) is 0 Å². The van der Waals surface area contributed by atoms with Crippen molar-refractivity contribution in [2.45, 2.75) is 43.7 Å². The van der Waals surface area contributed by atoms with Crippen LogP contribution < -0.4 is 4.72 Å². The van der Waals surface area contributed by atoms with Gasteiger partial charge in [-0.2, -0.15) is 0 Å². The normalized spacial score (nSPS) is 23.2. The van der Waals surface area contributed by atoms with Crippen LogP contribution >= 0.6 is 0 Å². The summed E-state index contributed by atoms with van der Waals surface area (Å²) in [5, 5.41) is 0. The molecule has 0 aromatic heterocycles. The first-order valence-corrected chi connectivity index (χ1v) is 7.63. The predicted octanol–water partition coefficient (Wildman–Crippen LogP) is 1.90. The summed E-state index contributed by atoms with van der Waals surface area (Å²) in [5.74, 6) is -0.419. The fourth-order valence-electron chi connectivity index (χ4n) is 2.45. The Balaban J connectivity index is 2.21. The van der Waals surface area contributed by atoms with Crippen LogP contribution in [-0.4, -0.2) is 27.7 Å². The van der Waals surface area contributed by atoms with Crippen LogP contribution in [0.5, 0.6) is 0 Å². The third-order valence-electron chi connectivity index (χ3n) is 3.44. The largest absolute Gasteiger partial charge is 0.381 e.